The Balaban J connectivity index is 1.62. The Kier molecular flexibility index (Phi) is 4.24. The molecular formula is C16H26N2O. The summed E-state index contributed by atoms with van der Waals surface area (Å²) in [6.07, 6.45) is 8.57. The highest BCUT2D eigenvalue weighted by Crippen LogP contribution is 2.28. The highest BCUT2D eigenvalue weighted by Gasteiger charge is 2.28. The highest BCUT2D eigenvalue weighted by molar-refractivity contribution is 5.06. The van der Waals surface area contributed by atoms with Gasteiger partial charge in [-0.2, -0.15) is 0 Å². The second-order valence-electron chi connectivity index (χ2n) is 6.20. The maximum absolute atomic E-state index is 5.67. The molecule has 106 valence electrons. The largest absolute Gasteiger partial charge is 0.468 e. The van der Waals surface area contributed by atoms with Gasteiger partial charge in [0.15, 0.2) is 0 Å². The summed E-state index contributed by atoms with van der Waals surface area (Å²) in [6, 6.07) is 5.27. The molecule has 0 aromatic carbocycles. The third-order valence-corrected chi connectivity index (χ3v) is 4.89. The van der Waals surface area contributed by atoms with Crippen LogP contribution in [0.5, 0.6) is 0 Å². The van der Waals surface area contributed by atoms with Gasteiger partial charge in [-0.15, -0.1) is 0 Å². The average Bonchev–Trinajstić information content (AvgIpc) is 3.13. The van der Waals surface area contributed by atoms with Crippen molar-refractivity contribution in [3.8, 4) is 0 Å². The van der Waals surface area contributed by atoms with Crippen LogP contribution in [0, 0.1) is 5.92 Å². The van der Waals surface area contributed by atoms with Crippen LogP contribution in [-0.4, -0.2) is 30.6 Å². The van der Waals surface area contributed by atoms with Gasteiger partial charge in [0.25, 0.3) is 0 Å². The van der Waals surface area contributed by atoms with Crippen molar-refractivity contribution in [3.05, 3.63) is 24.2 Å². The van der Waals surface area contributed by atoms with Crippen molar-refractivity contribution in [2.45, 2.75) is 51.1 Å². The quantitative estimate of drug-likeness (QED) is 0.883. The summed E-state index contributed by atoms with van der Waals surface area (Å²) in [7, 11) is 0. The van der Waals surface area contributed by atoms with E-state index in [1.54, 1.807) is 6.26 Å². The molecular weight excluding hydrogens is 236 g/mol. The van der Waals surface area contributed by atoms with Crippen LogP contribution >= 0.6 is 0 Å². The summed E-state index contributed by atoms with van der Waals surface area (Å²) in [5.41, 5.74) is 0. The molecule has 1 aromatic heterocycles. The van der Waals surface area contributed by atoms with Crippen molar-refractivity contribution in [1.29, 1.82) is 0 Å². The molecule has 2 heterocycles. The fourth-order valence-electron chi connectivity index (χ4n) is 3.66. The Morgan fingerprint density at radius 3 is 2.79 bits per heavy atom. The van der Waals surface area contributed by atoms with E-state index in [1.807, 2.05) is 6.07 Å². The summed E-state index contributed by atoms with van der Waals surface area (Å²) in [4.78, 5) is 2.57. The molecule has 0 radical (unpaired) electrons. The molecule has 3 heteroatoms. The minimum Gasteiger partial charge on any atom is -0.468 e. The SMILES string of the molecule is CC1CCCC1NCC(c1ccco1)N1CCCC1. The third kappa shape index (κ3) is 3.03. The van der Waals surface area contributed by atoms with Gasteiger partial charge in [-0.05, 0) is 56.8 Å². The highest BCUT2D eigenvalue weighted by atomic mass is 16.3. The van der Waals surface area contributed by atoms with Crippen molar-refractivity contribution < 1.29 is 4.42 Å². The van der Waals surface area contributed by atoms with Crippen LogP contribution in [0.15, 0.2) is 22.8 Å². The van der Waals surface area contributed by atoms with Gasteiger partial charge in [0.05, 0.1) is 12.3 Å². The predicted molar refractivity (Wildman–Crippen MR) is 77.1 cm³/mol. The molecule has 2 fully saturated rings. The second kappa shape index (κ2) is 6.10. The van der Waals surface area contributed by atoms with Gasteiger partial charge in [-0.25, -0.2) is 0 Å². The molecule has 1 aliphatic carbocycles. The Morgan fingerprint density at radius 2 is 2.16 bits per heavy atom. The van der Waals surface area contributed by atoms with Crippen LogP contribution < -0.4 is 5.32 Å². The van der Waals surface area contributed by atoms with Gasteiger partial charge in [0.2, 0.25) is 0 Å². The van der Waals surface area contributed by atoms with Gasteiger partial charge >= 0.3 is 0 Å². The molecule has 3 unspecified atom stereocenters. The lowest BCUT2D eigenvalue weighted by Gasteiger charge is -2.28. The zero-order valence-corrected chi connectivity index (χ0v) is 12.0. The fraction of sp³-hybridized carbons (Fsp3) is 0.750. The minimum atomic E-state index is 0.422. The van der Waals surface area contributed by atoms with Gasteiger partial charge in [0.1, 0.15) is 5.76 Å². The summed E-state index contributed by atoms with van der Waals surface area (Å²) in [5.74, 6) is 1.95. The van der Waals surface area contributed by atoms with Crippen molar-refractivity contribution in [2.24, 2.45) is 5.92 Å². The van der Waals surface area contributed by atoms with E-state index in [1.165, 1.54) is 45.2 Å². The smallest absolute Gasteiger partial charge is 0.122 e. The first kappa shape index (κ1) is 13.2. The summed E-state index contributed by atoms with van der Waals surface area (Å²) in [5, 5.41) is 3.79. The van der Waals surface area contributed by atoms with Gasteiger partial charge < -0.3 is 9.73 Å². The number of furan rings is 1. The topological polar surface area (TPSA) is 28.4 Å². The lowest BCUT2D eigenvalue weighted by molar-refractivity contribution is 0.201. The van der Waals surface area contributed by atoms with Crippen LogP contribution in [0.1, 0.15) is 50.8 Å². The molecule has 1 aliphatic heterocycles. The Morgan fingerprint density at radius 1 is 1.32 bits per heavy atom. The van der Waals surface area contributed by atoms with E-state index in [4.69, 9.17) is 4.42 Å². The first-order valence-electron chi connectivity index (χ1n) is 7.85. The van der Waals surface area contributed by atoms with E-state index < -0.39 is 0 Å². The second-order valence-corrected chi connectivity index (χ2v) is 6.20. The van der Waals surface area contributed by atoms with Crippen LogP contribution in [0.25, 0.3) is 0 Å². The van der Waals surface area contributed by atoms with E-state index in [2.05, 4.69) is 23.2 Å². The van der Waals surface area contributed by atoms with Crippen LogP contribution in [-0.2, 0) is 0 Å². The standard InChI is InChI=1S/C16H26N2O/c1-13-6-4-7-14(13)17-12-15(16-8-5-11-19-16)18-9-2-3-10-18/h5,8,11,13-15,17H,2-4,6-7,9-10,12H2,1H3. The van der Waals surface area contributed by atoms with Crippen molar-refractivity contribution in [3.63, 3.8) is 0 Å². The molecule has 3 nitrogen and oxygen atoms in total. The third-order valence-electron chi connectivity index (χ3n) is 4.89. The zero-order chi connectivity index (χ0) is 13.1. The summed E-state index contributed by atoms with van der Waals surface area (Å²) >= 11 is 0. The number of hydrogen-bond donors (Lipinski definition) is 1. The van der Waals surface area contributed by atoms with Crippen LogP contribution in [0.4, 0.5) is 0 Å². The maximum Gasteiger partial charge on any atom is 0.122 e. The van der Waals surface area contributed by atoms with E-state index in [0.29, 0.717) is 12.1 Å². The molecule has 2 aliphatic rings. The molecule has 0 spiro atoms. The molecule has 1 N–H and O–H groups in total. The Labute approximate surface area is 116 Å². The van der Waals surface area contributed by atoms with E-state index in [9.17, 15) is 0 Å². The Hall–Kier alpha value is -0.800. The lowest BCUT2D eigenvalue weighted by Crippen LogP contribution is -2.39. The van der Waals surface area contributed by atoms with Crippen LogP contribution in [0.2, 0.25) is 0 Å². The monoisotopic (exact) mass is 262 g/mol. The van der Waals surface area contributed by atoms with Crippen molar-refractivity contribution >= 4 is 0 Å². The number of hydrogen-bond acceptors (Lipinski definition) is 3. The Bertz CT molecular complexity index is 370. The number of nitrogens with one attached hydrogen (secondary N) is 1. The van der Waals surface area contributed by atoms with E-state index in [0.717, 1.165) is 18.2 Å². The maximum atomic E-state index is 5.67. The average molecular weight is 262 g/mol. The molecule has 1 saturated heterocycles. The van der Waals surface area contributed by atoms with E-state index >= 15 is 0 Å². The minimum absolute atomic E-state index is 0.422. The number of likely N-dealkylation sites (tertiary alicyclic amines) is 1. The van der Waals surface area contributed by atoms with Crippen molar-refractivity contribution in [2.75, 3.05) is 19.6 Å². The summed E-state index contributed by atoms with van der Waals surface area (Å²) < 4.78 is 5.67. The zero-order valence-electron chi connectivity index (χ0n) is 12.0. The molecule has 0 amide bonds. The molecule has 0 bridgehead atoms. The van der Waals surface area contributed by atoms with Crippen LogP contribution in [0.3, 0.4) is 0 Å². The fourth-order valence-corrected chi connectivity index (χ4v) is 3.66. The molecule has 3 atom stereocenters. The summed E-state index contributed by atoms with van der Waals surface area (Å²) in [6.45, 7) is 5.84. The first-order chi connectivity index (χ1) is 9.34. The number of rotatable bonds is 5. The predicted octanol–water partition coefficient (Wildman–Crippen LogP) is 3.19. The van der Waals surface area contributed by atoms with E-state index in [-0.39, 0.29) is 0 Å². The first-order valence-corrected chi connectivity index (χ1v) is 7.85. The van der Waals surface area contributed by atoms with Gasteiger partial charge in [-0.3, -0.25) is 4.90 Å². The normalized spacial score (nSPS) is 29.9. The number of nitrogens with zero attached hydrogens (tertiary/aromatic N) is 1. The van der Waals surface area contributed by atoms with Gasteiger partial charge in [-0.1, -0.05) is 13.3 Å². The molecule has 3 rings (SSSR count). The lowest BCUT2D eigenvalue weighted by atomic mass is 10.1. The molecule has 19 heavy (non-hydrogen) atoms. The molecule has 1 aromatic rings. The van der Waals surface area contributed by atoms with Gasteiger partial charge in [0, 0.05) is 12.6 Å². The molecule has 1 saturated carbocycles. The van der Waals surface area contributed by atoms with Crippen molar-refractivity contribution in [1.82, 2.24) is 10.2 Å².